The van der Waals surface area contributed by atoms with E-state index in [1.807, 2.05) is 0 Å². The Labute approximate surface area is 96.8 Å². The third kappa shape index (κ3) is 4.61. The minimum atomic E-state index is 0.291. The number of hydrogen-bond donors (Lipinski definition) is 2. The molecule has 0 aromatic carbocycles. The fraction of sp³-hybridized carbons (Fsp3) is 0.818. The first-order chi connectivity index (χ1) is 7.76. The molecule has 5 nitrogen and oxygen atoms in total. The molecule has 0 spiro atoms. The van der Waals surface area contributed by atoms with Gasteiger partial charge >= 0.3 is 6.01 Å². The smallest absolute Gasteiger partial charge is 0.315 e. The van der Waals surface area contributed by atoms with Gasteiger partial charge in [-0.05, 0) is 13.3 Å². The van der Waals surface area contributed by atoms with Gasteiger partial charge < -0.3 is 15.5 Å². The van der Waals surface area contributed by atoms with Crippen LogP contribution in [-0.4, -0.2) is 16.2 Å². The Morgan fingerprint density at radius 3 is 2.75 bits per heavy atom. The third-order valence-corrected chi connectivity index (χ3v) is 2.50. The van der Waals surface area contributed by atoms with Crippen molar-refractivity contribution >= 4 is 6.01 Å². The van der Waals surface area contributed by atoms with E-state index in [1.165, 1.54) is 25.7 Å². The van der Waals surface area contributed by atoms with Gasteiger partial charge in [0.1, 0.15) is 0 Å². The molecule has 5 heteroatoms. The van der Waals surface area contributed by atoms with E-state index in [4.69, 9.17) is 10.2 Å². The van der Waals surface area contributed by atoms with Crippen LogP contribution in [0.15, 0.2) is 4.42 Å². The molecule has 0 aliphatic carbocycles. The Hall–Kier alpha value is -1.10. The zero-order valence-electron chi connectivity index (χ0n) is 10.2. The summed E-state index contributed by atoms with van der Waals surface area (Å²) in [5.41, 5.74) is 5.38. The van der Waals surface area contributed by atoms with Gasteiger partial charge in [0.25, 0.3) is 0 Å². The van der Waals surface area contributed by atoms with E-state index in [9.17, 15) is 0 Å². The molecule has 1 heterocycles. The average molecular weight is 226 g/mol. The van der Waals surface area contributed by atoms with E-state index in [0.717, 1.165) is 6.42 Å². The van der Waals surface area contributed by atoms with Gasteiger partial charge in [-0.1, -0.05) is 37.7 Å². The highest BCUT2D eigenvalue weighted by atomic mass is 16.4. The summed E-state index contributed by atoms with van der Waals surface area (Å²) in [4.78, 5) is 0. The molecule has 1 rings (SSSR count). The molecule has 1 aromatic rings. The van der Waals surface area contributed by atoms with Crippen LogP contribution in [0.3, 0.4) is 0 Å². The van der Waals surface area contributed by atoms with Gasteiger partial charge in [-0.3, -0.25) is 0 Å². The summed E-state index contributed by atoms with van der Waals surface area (Å²) >= 11 is 0. The van der Waals surface area contributed by atoms with Crippen molar-refractivity contribution < 1.29 is 4.42 Å². The fourth-order valence-corrected chi connectivity index (χ4v) is 1.55. The summed E-state index contributed by atoms with van der Waals surface area (Å²) < 4.78 is 5.27. The zero-order chi connectivity index (χ0) is 11.8. The van der Waals surface area contributed by atoms with Crippen LogP contribution in [0.4, 0.5) is 6.01 Å². The van der Waals surface area contributed by atoms with Crippen molar-refractivity contribution in [3.05, 3.63) is 5.89 Å². The maximum Gasteiger partial charge on any atom is 0.315 e. The lowest BCUT2D eigenvalue weighted by molar-refractivity contribution is 0.496. The summed E-state index contributed by atoms with van der Waals surface area (Å²) in [6, 6.07) is 0.839. The van der Waals surface area contributed by atoms with Crippen molar-refractivity contribution in [3.8, 4) is 0 Å². The van der Waals surface area contributed by atoms with Crippen LogP contribution in [0.25, 0.3) is 0 Å². The summed E-state index contributed by atoms with van der Waals surface area (Å²) in [6.45, 7) is 4.63. The van der Waals surface area contributed by atoms with Gasteiger partial charge in [-0.25, -0.2) is 0 Å². The van der Waals surface area contributed by atoms with Crippen LogP contribution in [-0.2, 0) is 6.54 Å². The highest BCUT2D eigenvalue weighted by Gasteiger charge is 2.07. The van der Waals surface area contributed by atoms with E-state index in [-0.39, 0.29) is 0 Å². The molecule has 0 aliphatic heterocycles. The van der Waals surface area contributed by atoms with Gasteiger partial charge in [0.15, 0.2) is 0 Å². The topological polar surface area (TPSA) is 77.0 Å². The molecule has 1 unspecified atom stereocenters. The monoisotopic (exact) mass is 226 g/mol. The third-order valence-electron chi connectivity index (χ3n) is 2.50. The van der Waals surface area contributed by atoms with E-state index in [0.29, 0.717) is 24.5 Å². The second-order valence-electron chi connectivity index (χ2n) is 4.10. The normalized spacial score (nSPS) is 12.7. The molecule has 1 atom stereocenters. The zero-order valence-corrected chi connectivity index (χ0v) is 10.2. The van der Waals surface area contributed by atoms with Crippen LogP contribution in [0.2, 0.25) is 0 Å². The second-order valence-corrected chi connectivity index (χ2v) is 4.10. The molecule has 92 valence electrons. The number of unbranched alkanes of at least 4 members (excludes halogenated alkanes) is 3. The molecule has 3 N–H and O–H groups in total. The largest absolute Gasteiger partial charge is 0.407 e. The van der Waals surface area contributed by atoms with Crippen molar-refractivity contribution in [2.24, 2.45) is 5.73 Å². The molecule has 0 saturated carbocycles. The Kier molecular flexibility index (Phi) is 5.85. The number of nitrogens with zero attached hydrogens (tertiary/aromatic N) is 2. The molecule has 0 bridgehead atoms. The number of nitrogens with two attached hydrogens (primary N) is 1. The van der Waals surface area contributed by atoms with Crippen LogP contribution >= 0.6 is 0 Å². The summed E-state index contributed by atoms with van der Waals surface area (Å²) in [6.07, 6.45) is 6.23. The van der Waals surface area contributed by atoms with Crippen LogP contribution in [0, 0.1) is 0 Å². The molecule has 0 aliphatic rings. The first-order valence-electron chi connectivity index (χ1n) is 6.05. The summed E-state index contributed by atoms with van der Waals surface area (Å²) in [5.74, 6) is 0.473. The predicted octanol–water partition coefficient (Wildman–Crippen LogP) is 2.30. The Morgan fingerprint density at radius 2 is 2.12 bits per heavy atom. The molecule has 0 fully saturated rings. The molecular formula is C11H22N4O. The number of rotatable bonds is 8. The van der Waals surface area contributed by atoms with Crippen molar-refractivity contribution in [2.75, 3.05) is 5.32 Å². The van der Waals surface area contributed by atoms with Gasteiger partial charge in [-0.2, -0.15) is 0 Å². The molecular weight excluding hydrogens is 204 g/mol. The van der Waals surface area contributed by atoms with E-state index >= 15 is 0 Å². The fourth-order valence-electron chi connectivity index (χ4n) is 1.55. The van der Waals surface area contributed by atoms with Crippen molar-refractivity contribution in [1.82, 2.24) is 10.2 Å². The molecule has 0 radical (unpaired) electrons. The van der Waals surface area contributed by atoms with E-state index in [1.54, 1.807) is 0 Å². The number of aromatic nitrogens is 2. The molecule has 1 aromatic heterocycles. The highest BCUT2D eigenvalue weighted by molar-refractivity contribution is 5.18. The molecule has 16 heavy (non-hydrogen) atoms. The van der Waals surface area contributed by atoms with Crippen molar-refractivity contribution in [3.63, 3.8) is 0 Å². The van der Waals surface area contributed by atoms with Gasteiger partial charge in [0, 0.05) is 6.04 Å². The Balaban J connectivity index is 2.20. The van der Waals surface area contributed by atoms with Crippen LogP contribution in [0.5, 0.6) is 0 Å². The SMILES string of the molecule is CCCCCCC(C)Nc1nnc(CN)o1. The first-order valence-corrected chi connectivity index (χ1v) is 6.05. The van der Waals surface area contributed by atoms with Crippen molar-refractivity contribution in [2.45, 2.75) is 58.5 Å². The minimum absolute atomic E-state index is 0.291. The standard InChI is InChI=1S/C11H22N4O/c1-3-4-5-6-7-9(2)13-11-15-14-10(8-12)16-11/h9H,3-8,12H2,1-2H3,(H,13,15). The number of anilines is 1. The predicted molar refractivity (Wildman–Crippen MR) is 64.0 cm³/mol. The first kappa shape index (κ1) is 13.0. The Bertz CT molecular complexity index is 287. The van der Waals surface area contributed by atoms with E-state index < -0.39 is 0 Å². The van der Waals surface area contributed by atoms with Gasteiger partial charge in [-0.15, -0.1) is 5.10 Å². The molecule has 0 saturated heterocycles. The lowest BCUT2D eigenvalue weighted by Crippen LogP contribution is -2.15. The van der Waals surface area contributed by atoms with Gasteiger partial charge in [0.05, 0.1) is 6.54 Å². The lowest BCUT2D eigenvalue weighted by atomic mass is 10.1. The average Bonchev–Trinajstić information content (AvgIpc) is 2.72. The molecule has 0 amide bonds. The lowest BCUT2D eigenvalue weighted by Gasteiger charge is -2.10. The maximum atomic E-state index is 5.38. The van der Waals surface area contributed by atoms with Crippen LogP contribution < -0.4 is 11.1 Å². The summed E-state index contributed by atoms with van der Waals surface area (Å²) in [5, 5.41) is 10.8. The van der Waals surface area contributed by atoms with Gasteiger partial charge in [0.2, 0.25) is 5.89 Å². The second kappa shape index (κ2) is 7.22. The highest BCUT2D eigenvalue weighted by Crippen LogP contribution is 2.11. The maximum absolute atomic E-state index is 5.38. The quantitative estimate of drug-likeness (QED) is 0.665. The van der Waals surface area contributed by atoms with E-state index in [2.05, 4.69) is 29.4 Å². The number of hydrogen-bond acceptors (Lipinski definition) is 5. The van der Waals surface area contributed by atoms with Crippen molar-refractivity contribution in [1.29, 1.82) is 0 Å². The van der Waals surface area contributed by atoms with Crippen LogP contribution in [0.1, 0.15) is 51.8 Å². The minimum Gasteiger partial charge on any atom is -0.407 e. The Morgan fingerprint density at radius 1 is 1.31 bits per heavy atom. The number of nitrogens with one attached hydrogen (secondary N) is 1. The summed E-state index contributed by atoms with van der Waals surface area (Å²) in [7, 11) is 0.